The van der Waals surface area contributed by atoms with Crippen LogP contribution in [-0.4, -0.2) is 12.8 Å². The summed E-state index contributed by atoms with van der Waals surface area (Å²) >= 11 is 0. The Hall–Kier alpha value is -1.51. The number of rotatable bonds is 1. The van der Waals surface area contributed by atoms with Gasteiger partial charge in [-0.2, -0.15) is 0 Å². The molecule has 0 radical (unpaired) electrons. The molecule has 1 aromatic carbocycles. The molecule has 0 aliphatic carbocycles. The molecule has 0 aromatic heterocycles. The van der Waals surface area contributed by atoms with Gasteiger partial charge in [0, 0.05) is 0 Å². The van der Waals surface area contributed by atoms with Crippen molar-refractivity contribution in [3.8, 4) is 0 Å². The highest BCUT2D eigenvalue weighted by atomic mass is 16.8. The van der Waals surface area contributed by atoms with Gasteiger partial charge in [0.1, 0.15) is 6.61 Å². The SMILES string of the molecule is CC(C)(C)c1ccc(C2COC(=O)O2)cc1. The first-order valence-corrected chi connectivity index (χ1v) is 5.41. The maximum atomic E-state index is 10.8. The van der Waals surface area contributed by atoms with Crippen molar-refractivity contribution in [2.75, 3.05) is 6.61 Å². The summed E-state index contributed by atoms with van der Waals surface area (Å²) in [6.07, 6.45) is -0.827. The summed E-state index contributed by atoms with van der Waals surface area (Å²) in [5.74, 6) is 0. The van der Waals surface area contributed by atoms with Crippen LogP contribution in [0.1, 0.15) is 38.0 Å². The highest BCUT2D eigenvalue weighted by Crippen LogP contribution is 2.27. The quantitative estimate of drug-likeness (QED) is 0.682. The molecule has 1 atom stereocenters. The lowest BCUT2D eigenvalue weighted by atomic mass is 9.86. The predicted molar refractivity (Wildman–Crippen MR) is 60.3 cm³/mol. The molecule has 1 aliphatic heterocycles. The number of hydrogen-bond donors (Lipinski definition) is 0. The van der Waals surface area contributed by atoms with Gasteiger partial charge in [0.25, 0.3) is 0 Å². The number of cyclic esters (lactones) is 2. The Labute approximate surface area is 95.4 Å². The van der Waals surface area contributed by atoms with Gasteiger partial charge in [0.15, 0.2) is 6.10 Å². The van der Waals surface area contributed by atoms with Gasteiger partial charge in [-0.1, -0.05) is 45.0 Å². The van der Waals surface area contributed by atoms with E-state index in [2.05, 4.69) is 32.9 Å². The third-order valence-corrected chi connectivity index (χ3v) is 2.74. The molecule has 3 heteroatoms. The molecule has 2 rings (SSSR count). The van der Waals surface area contributed by atoms with E-state index in [0.717, 1.165) is 5.56 Å². The van der Waals surface area contributed by atoms with Crippen LogP contribution in [0.3, 0.4) is 0 Å². The lowest BCUT2D eigenvalue weighted by Gasteiger charge is -2.19. The van der Waals surface area contributed by atoms with Gasteiger partial charge >= 0.3 is 6.16 Å². The standard InChI is InChI=1S/C13H16O3/c1-13(2,3)10-6-4-9(5-7-10)11-8-15-12(14)16-11/h4-7,11H,8H2,1-3H3. The first kappa shape index (κ1) is 11.0. The Balaban J connectivity index is 2.17. The Bertz CT molecular complexity index is 387. The monoisotopic (exact) mass is 220 g/mol. The van der Waals surface area contributed by atoms with Crippen molar-refractivity contribution < 1.29 is 14.3 Å². The van der Waals surface area contributed by atoms with Gasteiger partial charge < -0.3 is 9.47 Å². The van der Waals surface area contributed by atoms with E-state index in [1.54, 1.807) is 0 Å². The van der Waals surface area contributed by atoms with E-state index in [4.69, 9.17) is 9.47 Å². The highest BCUT2D eigenvalue weighted by Gasteiger charge is 2.26. The lowest BCUT2D eigenvalue weighted by Crippen LogP contribution is -2.11. The molecule has 3 nitrogen and oxygen atoms in total. The zero-order valence-electron chi connectivity index (χ0n) is 9.82. The second-order valence-electron chi connectivity index (χ2n) is 5.04. The number of carbonyl (C=O) groups excluding carboxylic acids is 1. The van der Waals surface area contributed by atoms with Crippen LogP contribution < -0.4 is 0 Å². The maximum Gasteiger partial charge on any atom is 0.509 e. The van der Waals surface area contributed by atoms with E-state index in [-0.39, 0.29) is 11.5 Å². The molecule has 1 aromatic rings. The minimum absolute atomic E-state index is 0.140. The van der Waals surface area contributed by atoms with Crippen molar-refractivity contribution in [2.24, 2.45) is 0 Å². The van der Waals surface area contributed by atoms with Crippen LogP contribution in [0.25, 0.3) is 0 Å². The van der Waals surface area contributed by atoms with Gasteiger partial charge in [0.2, 0.25) is 0 Å². The van der Waals surface area contributed by atoms with E-state index in [1.165, 1.54) is 5.56 Å². The molecule has 16 heavy (non-hydrogen) atoms. The predicted octanol–water partition coefficient (Wildman–Crippen LogP) is 3.19. The first-order chi connectivity index (χ1) is 7.47. The van der Waals surface area contributed by atoms with Crippen LogP contribution in [0.4, 0.5) is 4.79 Å². The summed E-state index contributed by atoms with van der Waals surface area (Å²) in [4.78, 5) is 10.8. The van der Waals surface area contributed by atoms with Crippen LogP contribution in [0.15, 0.2) is 24.3 Å². The molecule has 1 saturated heterocycles. The Morgan fingerprint density at radius 1 is 1.19 bits per heavy atom. The van der Waals surface area contributed by atoms with Crippen molar-refractivity contribution in [2.45, 2.75) is 32.3 Å². The number of ether oxygens (including phenoxy) is 2. The Kier molecular flexibility index (Phi) is 2.62. The minimum atomic E-state index is -0.579. The van der Waals surface area contributed by atoms with E-state index in [9.17, 15) is 4.79 Å². The fourth-order valence-electron chi connectivity index (χ4n) is 1.69. The third-order valence-electron chi connectivity index (χ3n) is 2.74. The zero-order chi connectivity index (χ0) is 11.8. The van der Waals surface area contributed by atoms with Gasteiger partial charge in [-0.25, -0.2) is 4.79 Å². The number of hydrogen-bond acceptors (Lipinski definition) is 3. The smallest absolute Gasteiger partial charge is 0.430 e. The second kappa shape index (κ2) is 3.81. The molecular formula is C13H16O3. The van der Waals surface area contributed by atoms with E-state index >= 15 is 0 Å². The van der Waals surface area contributed by atoms with Gasteiger partial charge in [-0.05, 0) is 16.5 Å². The topological polar surface area (TPSA) is 35.5 Å². The van der Waals surface area contributed by atoms with E-state index in [0.29, 0.717) is 6.61 Å². The molecule has 1 aliphatic rings. The molecule has 1 heterocycles. The summed E-state index contributed by atoms with van der Waals surface area (Å²) < 4.78 is 9.77. The zero-order valence-corrected chi connectivity index (χ0v) is 9.82. The highest BCUT2D eigenvalue weighted by molar-refractivity contribution is 5.62. The van der Waals surface area contributed by atoms with Crippen molar-refractivity contribution in [1.82, 2.24) is 0 Å². The molecule has 0 amide bonds. The van der Waals surface area contributed by atoms with E-state index < -0.39 is 6.16 Å². The Morgan fingerprint density at radius 2 is 1.81 bits per heavy atom. The fourth-order valence-corrected chi connectivity index (χ4v) is 1.69. The maximum absolute atomic E-state index is 10.8. The van der Waals surface area contributed by atoms with Gasteiger partial charge in [-0.3, -0.25) is 0 Å². The largest absolute Gasteiger partial charge is 0.509 e. The molecule has 0 spiro atoms. The van der Waals surface area contributed by atoms with E-state index in [1.807, 2.05) is 12.1 Å². The molecular weight excluding hydrogens is 204 g/mol. The van der Waals surface area contributed by atoms with Crippen LogP contribution in [0.2, 0.25) is 0 Å². The van der Waals surface area contributed by atoms with Crippen molar-refractivity contribution >= 4 is 6.16 Å². The molecule has 0 N–H and O–H groups in total. The number of carbonyl (C=O) groups is 1. The third kappa shape index (κ3) is 2.18. The normalized spacial score (nSPS) is 20.4. The summed E-state index contributed by atoms with van der Waals surface area (Å²) in [5, 5.41) is 0. The first-order valence-electron chi connectivity index (χ1n) is 5.41. The summed E-state index contributed by atoms with van der Waals surface area (Å²) in [7, 11) is 0. The van der Waals surface area contributed by atoms with Crippen molar-refractivity contribution in [1.29, 1.82) is 0 Å². The van der Waals surface area contributed by atoms with Crippen molar-refractivity contribution in [3.05, 3.63) is 35.4 Å². The molecule has 86 valence electrons. The average Bonchev–Trinajstić information content (AvgIpc) is 2.64. The second-order valence-corrected chi connectivity index (χ2v) is 5.04. The molecule has 0 bridgehead atoms. The van der Waals surface area contributed by atoms with Gasteiger partial charge in [-0.15, -0.1) is 0 Å². The molecule has 1 fully saturated rings. The molecule has 0 saturated carbocycles. The lowest BCUT2D eigenvalue weighted by molar-refractivity contribution is 0.118. The average molecular weight is 220 g/mol. The minimum Gasteiger partial charge on any atom is -0.430 e. The van der Waals surface area contributed by atoms with Gasteiger partial charge in [0.05, 0.1) is 0 Å². The van der Waals surface area contributed by atoms with Crippen LogP contribution >= 0.6 is 0 Å². The summed E-state index contributed by atoms with van der Waals surface area (Å²) in [6.45, 7) is 6.82. The molecule has 1 unspecified atom stereocenters. The number of benzene rings is 1. The van der Waals surface area contributed by atoms with Crippen LogP contribution in [0.5, 0.6) is 0 Å². The fraction of sp³-hybridized carbons (Fsp3) is 0.462. The summed E-state index contributed by atoms with van der Waals surface area (Å²) in [6, 6.07) is 8.13. The van der Waals surface area contributed by atoms with Crippen LogP contribution in [0, 0.1) is 0 Å². The summed E-state index contributed by atoms with van der Waals surface area (Å²) in [5.41, 5.74) is 2.39. The van der Waals surface area contributed by atoms with Crippen LogP contribution in [-0.2, 0) is 14.9 Å². The van der Waals surface area contributed by atoms with Crippen molar-refractivity contribution in [3.63, 3.8) is 0 Å². The Morgan fingerprint density at radius 3 is 2.25 bits per heavy atom.